The molecule has 0 saturated heterocycles. The van der Waals surface area contributed by atoms with E-state index in [0.717, 1.165) is 44.3 Å². The first-order valence-electron chi connectivity index (χ1n) is 5.15. The molecule has 0 radical (unpaired) electrons. The Kier molecular flexibility index (Phi) is 3.18. The number of nitrogens with two attached hydrogens (primary N) is 1. The standard InChI is InChI=1S/C9H16N6/c10-15-7-6-14-9(15)13-3-1-2-8-11-4-5-12-8/h4-5H,1-3,6-7,10H2,(H,11,12)(H,13,14). The summed E-state index contributed by atoms with van der Waals surface area (Å²) in [6, 6.07) is 0. The van der Waals surface area contributed by atoms with Gasteiger partial charge < -0.3 is 10.3 Å². The van der Waals surface area contributed by atoms with Crippen LogP contribution >= 0.6 is 0 Å². The number of hydrazine groups is 1. The summed E-state index contributed by atoms with van der Waals surface area (Å²) in [4.78, 5) is 11.5. The van der Waals surface area contributed by atoms with E-state index in [1.54, 1.807) is 11.2 Å². The molecular formula is C9H16N6. The van der Waals surface area contributed by atoms with E-state index in [-0.39, 0.29) is 0 Å². The molecule has 0 aliphatic carbocycles. The van der Waals surface area contributed by atoms with E-state index in [9.17, 15) is 0 Å². The summed E-state index contributed by atoms with van der Waals surface area (Å²) in [5.41, 5.74) is 0. The van der Waals surface area contributed by atoms with Crippen LogP contribution in [0.15, 0.2) is 17.4 Å². The summed E-state index contributed by atoms with van der Waals surface area (Å²) in [5, 5.41) is 4.85. The first-order valence-corrected chi connectivity index (χ1v) is 5.15. The van der Waals surface area contributed by atoms with Crippen molar-refractivity contribution in [2.24, 2.45) is 10.8 Å². The van der Waals surface area contributed by atoms with Gasteiger partial charge in [-0.3, -0.25) is 10.0 Å². The molecule has 0 unspecified atom stereocenters. The minimum absolute atomic E-state index is 0.789. The van der Waals surface area contributed by atoms with E-state index in [4.69, 9.17) is 5.84 Å². The number of aliphatic imine (C=N–C) groups is 1. The van der Waals surface area contributed by atoms with Crippen molar-refractivity contribution in [2.45, 2.75) is 12.8 Å². The molecule has 1 aliphatic rings. The first-order chi connectivity index (χ1) is 7.36. The van der Waals surface area contributed by atoms with Gasteiger partial charge in [-0.05, 0) is 6.42 Å². The van der Waals surface area contributed by atoms with Crippen molar-refractivity contribution >= 4 is 5.96 Å². The Morgan fingerprint density at radius 2 is 2.53 bits per heavy atom. The van der Waals surface area contributed by atoms with Crippen LogP contribution in [-0.2, 0) is 6.42 Å². The summed E-state index contributed by atoms with van der Waals surface area (Å²) >= 11 is 0. The van der Waals surface area contributed by atoms with E-state index < -0.39 is 0 Å². The largest absolute Gasteiger partial charge is 0.355 e. The fourth-order valence-electron chi connectivity index (χ4n) is 1.51. The molecule has 0 aromatic carbocycles. The lowest BCUT2D eigenvalue weighted by Gasteiger charge is -2.14. The number of aromatic nitrogens is 2. The highest BCUT2D eigenvalue weighted by atomic mass is 15.5. The molecule has 2 heterocycles. The molecule has 1 aromatic heterocycles. The van der Waals surface area contributed by atoms with Crippen LogP contribution in [0.1, 0.15) is 12.2 Å². The molecule has 15 heavy (non-hydrogen) atoms. The lowest BCUT2D eigenvalue weighted by molar-refractivity contribution is 0.465. The van der Waals surface area contributed by atoms with Gasteiger partial charge in [0.25, 0.3) is 0 Å². The first kappa shape index (κ1) is 9.97. The van der Waals surface area contributed by atoms with E-state index in [2.05, 4.69) is 20.3 Å². The molecule has 82 valence electrons. The van der Waals surface area contributed by atoms with Gasteiger partial charge in [0.05, 0.1) is 13.1 Å². The minimum Gasteiger partial charge on any atom is -0.355 e. The molecule has 0 atom stereocenters. The fourth-order valence-corrected chi connectivity index (χ4v) is 1.51. The molecule has 0 spiro atoms. The maximum absolute atomic E-state index is 5.68. The number of nitrogens with one attached hydrogen (secondary N) is 2. The third-order valence-electron chi connectivity index (χ3n) is 2.30. The Labute approximate surface area is 88.6 Å². The van der Waals surface area contributed by atoms with E-state index in [1.165, 1.54) is 0 Å². The van der Waals surface area contributed by atoms with Crippen molar-refractivity contribution < 1.29 is 0 Å². The number of imidazole rings is 1. The number of aryl methyl sites for hydroxylation is 1. The Hall–Kier alpha value is -1.56. The van der Waals surface area contributed by atoms with Crippen molar-refractivity contribution in [1.29, 1.82) is 0 Å². The van der Waals surface area contributed by atoms with Gasteiger partial charge in [-0.25, -0.2) is 10.8 Å². The molecule has 1 aromatic rings. The molecule has 1 aliphatic heterocycles. The molecule has 0 fully saturated rings. The summed E-state index contributed by atoms with van der Waals surface area (Å²) in [7, 11) is 0. The second-order valence-corrected chi connectivity index (χ2v) is 3.46. The lowest BCUT2D eigenvalue weighted by atomic mass is 10.3. The molecule has 6 nitrogen and oxygen atoms in total. The highest BCUT2D eigenvalue weighted by Crippen LogP contribution is 1.95. The molecule has 6 heteroatoms. The number of guanidine groups is 1. The quantitative estimate of drug-likeness (QED) is 0.459. The summed E-state index contributed by atoms with van der Waals surface area (Å²) < 4.78 is 0. The van der Waals surface area contributed by atoms with Crippen LogP contribution in [0.2, 0.25) is 0 Å². The van der Waals surface area contributed by atoms with Crippen molar-refractivity contribution in [3.63, 3.8) is 0 Å². The second kappa shape index (κ2) is 4.79. The van der Waals surface area contributed by atoms with Gasteiger partial charge in [0.1, 0.15) is 5.82 Å². The van der Waals surface area contributed by atoms with Gasteiger partial charge in [0.15, 0.2) is 0 Å². The Balaban J connectivity index is 1.63. The zero-order chi connectivity index (χ0) is 10.5. The topological polar surface area (TPSA) is 82.3 Å². The number of hydrogen-bond acceptors (Lipinski definition) is 5. The van der Waals surface area contributed by atoms with Gasteiger partial charge in [-0.15, -0.1) is 0 Å². The van der Waals surface area contributed by atoms with Crippen LogP contribution in [0, 0.1) is 0 Å². The molecule has 0 amide bonds. The predicted octanol–water partition coefficient (Wildman–Crippen LogP) is -0.523. The van der Waals surface area contributed by atoms with E-state index >= 15 is 0 Å². The number of nitrogens with zero attached hydrogens (tertiary/aromatic N) is 3. The van der Waals surface area contributed by atoms with E-state index in [1.807, 2.05) is 6.20 Å². The average Bonchev–Trinajstić information content (AvgIpc) is 2.85. The Morgan fingerprint density at radius 1 is 1.60 bits per heavy atom. The van der Waals surface area contributed by atoms with Crippen molar-refractivity contribution in [1.82, 2.24) is 20.3 Å². The summed E-state index contributed by atoms with van der Waals surface area (Å²) in [5.74, 6) is 7.50. The number of H-pyrrole nitrogens is 1. The SMILES string of the molecule is NN1CCN=C1NCCCc1ncc[nH]1. The van der Waals surface area contributed by atoms with Crippen LogP contribution in [0.4, 0.5) is 0 Å². The van der Waals surface area contributed by atoms with Gasteiger partial charge in [-0.2, -0.15) is 0 Å². The number of rotatable bonds is 4. The zero-order valence-corrected chi connectivity index (χ0v) is 8.61. The van der Waals surface area contributed by atoms with Crippen molar-refractivity contribution in [3.8, 4) is 0 Å². The molecule has 4 N–H and O–H groups in total. The molecule has 2 rings (SSSR count). The Morgan fingerprint density at radius 3 is 3.20 bits per heavy atom. The molecule has 0 saturated carbocycles. The van der Waals surface area contributed by atoms with Crippen LogP contribution < -0.4 is 11.2 Å². The smallest absolute Gasteiger partial charge is 0.208 e. The molecule has 0 bridgehead atoms. The van der Waals surface area contributed by atoms with Crippen LogP contribution in [0.25, 0.3) is 0 Å². The monoisotopic (exact) mass is 208 g/mol. The minimum atomic E-state index is 0.789. The Bertz CT molecular complexity index is 317. The highest BCUT2D eigenvalue weighted by molar-refractivity contribution is 5.80. The van der Waals surface area contributed by atoms with Crippen LogP contribution in [-0.4, -0.2) is 40.6 Å². The van der Waals surface area contributed by atoms with Gasteiger partial charge in [0.2, 0.25) is 5.96 Å². The van der Waals surface area contributed by atoms with Crippen LogP contribution in [0.3, 0.4) is 0 Å². The van der Waals surface area contributed by atoms with Gasteiger partial charge in [0, 0.05) is 25.4 Å². The summed E-state index contributed by atoms with van der Waals surface area (Å²) in [6.07, 6.45) is 5.56. The third-order valence-corrected chi connectivity index (χ3v) is 2.30. The van der Waals surface area contributed by atoms with E-state index in [0.29, 0.717) is 0 Å². The number of hydrogen-bond donors (Lipinski definition) is 3. The third kappa shape index (κ3) is 2.69. The summed E-state index contributed by atoms with van der Waals surface area (Å²) in [6.45, 7) is 2.46. The number of aromatic amines is 1. The highest BCUT2D eigenvalue weighted by Gasteiger charge is 2.11. The fraction of sp³-hybridized carbons (Fsp3) is 0.556. The van der Waals surface area contributed by atoms with Crippen molar-refractivity contribution in [3.05, 3.63) is 18.2 Å². The predicted molar refractivity (Wildman–Crippen MR) is 58.1 cm³/mol. The molecular weight excluding hydrogens is 192 g/mol. The van der Waals surface area contributed by atoms with Gasteiger partial charge in [-0.1, -0.05) is 0 Å². The normalized spacial score (nSPS) is 15.5. The van der Waals surface area contributed by atoms with Gasteiger partial charge >= 0.3 is 0 Å². The average molecular weight is 208 g/mol. The zero-order valence-electron chi connectivity index (χ0n) is 8.61. The van der Waals surface area contributed by atoms with Crippen LogP contribution in [0.5, 0.6) is 0 Å². The second-order valence-electron chi connectivity index (χ2n) is 3.46. The maximum Gasteiger partial charge on any atom is 0.208 e. The lowest BCUT2D eigenvalue weighted by Crippen LogP contribution is -2.43. The maximum atomic E-state index is 5.68. The van der Waals surface area contributed by atoms with Crippen molar-refractivity contribution in [2.75, 3.05) is 19.6 Å².